The largest absolute Gasteiger partial charge is 0.507 e. The van der Waals surface area contributed by atoms with Crippen molar-refractivity contribution in [2.45, 2.75) is 39.7 Å². The molecule has 2 heterocycles. The molecular weight excluding hydrogens is 466 g/mol. The maximum absolute atomic E-state index is 13.3. The molecule has 0 aliphatic carbocycles. The molecule has 1 fully saturated rings. The van der Waals surface area contributed by atoms with Crippen molar-refractivity contribution in [3.8, 4) is 11.5 Å². The predicted molar refractivity (Wildman–Crippen MR) is 134 cm³/mol. The highest BCUT2D eigenvalue weighted by Gasteiger charge is 2.48. The Morgan fingerprint density at radius 1 is 1.06 bits per heavy atom. The van der Waals surface area contributed by atoms with Gasteiger partial charge in [0.1, 0.15) is 22.3 Å². The SMILES string of the molecule is CCCCOc1cccc(C2C(=C(O)c3ccc(OCC)cc3)C(=O)C(=O)N2c2nnc(C)s2)c1. The molecule has 1 saturated heterocycles. The molecule has 1 amide bonds. The minimum atomic E-state index is -0.886. The molecule has 1 atom stereocenters. The number of ether oxygens (including phenoxy) is 2. The first-order valence-electron chi connectivity index (χ1n) is 11.5. The fourth-order valence-corrected chi connectivity index (χ4v) is 4.58. The zero-order valence-corrected chi connectivity index (χ0v) is 20.7. The van der Waals surface area contributed by atoms with E-state index in [0.29, 0.717) is 40.8 Å². The second kappa shape index (κ2) is 10.7. The fourth-order valence-electron chi connectivity index (χ4n) is 3.87. The quantitative estimate of drug-likeness (QED) is 0.193. The Morgan fingerprint density at radius 2 is 1.83 bits per heavy atom. The molecule has 8 nitrogen and oxygen atoms in total. The summed E-state index contributed by atoms with van der Waals surface area (Å²) in [4.78, 5) is 27.8. The lowest BCUT2D eigenvalue weighted by molar-refractivity contribution is -0.132. The van der Waals surface area contributed by atoms with Crippen LogP contribution in [0.1, 0.15) is 48.9 Å². The number of Topliss-reactive ketones (excluding diaryl/α,β-unsaturated/α-hetero) is 1. The van der Waals surface area contributed by atoms with Gasteiger partial charge in [0.25, 0.3) is 5.78 Å². The monoisotopic (exact) mass is 493 g/mol. The van der Waals surface area contributed by atoms with E-state index in [9.17, 15) is 14.7 Å². The van der Waals surface area contributed by atoms with Gasteiger partial charge in [-0.25, -0.2) is 0 Å². The van der Waals surface area contributed by atoms with Gasteiger partial charge in [0, 0.05) is 5.56 Å². The van der Waals surface area contributed by atoms with Crippen LogP contribution in [0.4, 0.5) is 5.13 Å². The summed E-state index contributed by atoms with van der Waals surface area (Å²) in [6, 6.07) is 13.1. The Morgan fingerprint density at radius 3 is 2.49 bits per heavy atom. The average Bonchev–Trinajstić information content (AvgIpc) is 3.40. The molecule has 2 aromatic carbocycles. The van der Waals surface area contributed by atoms with Crippen LogP contribution >= 0.6 is 11.3 Å². The zero-order valence-electron chi connectivity index (χ0n) is 19.9. The molecule has 1 aliphatic rings. The van der Waals surface area contributed by atoms with Crippen molar-refractivity contribution in [1.29, 1.82) is 0 Å². The van der Waals surface area contributed by atoms with Gasteiger partial charge >= 0.3 is 5.91 Å². The van der Waals surface area contributed by atoms with Gasteiger partial charge < -0.3 is 14.6 Å². The van der Waals surface area contributed by atoms with Crippen LogP contribution in [0.15, 0.2) is 54.1 Å². The predicted octanol–water partition coefficient (Wildman–Crippen LogP) is 5.05. The molecule has 9 heteroatoms. The number of unbranched alkanes of at least 4 members (excludes halogenated alkanes) is 1. The molecule has 0 bridgehead atoms. The molecule has 1 N–H and O–H groups in total. The van der Waals surface area contributed by atoms with Gasteiger partial charge in [0.15, 0.2) is 0 Å². The summed E-state index contributed by atoms with van der Waals surface area (Å²) >= 11 is 1.21. The van der Waals surface area contributed by atoms with Gasteiger partial charge in [0.05, 0.1) is 24.8 Å². The summed E-state index contributed by atoms with van der Waals surface area (Å²) in [7, 11) is 0. The number of hydrogen-bond donors (Lipinski definition) is 1. The van der Waals surface area contributed by atoms with E-state index in [1.165, 1.54) is 16.2 Å². The van der Waals surface area contributed by atoms with Crippen molar-refractivity contribution in [3.63, 3.8) is 0 Å². The number of ketones is 1. The van der Waals surface area contributed by atoms with Gasteiger partial charge in [0.2, 0.25) is 5.13 Å². The number of aliphatic hydroxyl groups is 1. The summed E-state index contributed by atoms with van der Waals surface area (Å²) in [5.74, 6) is -0.557. The lowest BCUT2D eigenvalue weighted by Crippen LogP contribution is -2.29. The maximum atomic E-state index is 13.3. The van der Waals surface area contributed by atoms with Crippen LogP contribution in [-0.2, 0) is 9.59 Å². The lowest BCUT2D eigenvalue weighted by atomic mass is 9.95. The van der Waals surface area contributed by atoms with Crippen molar-refractivity contribution in [3.05, 3.63) is 70.2 Å². The number of nitrogens with zero attached hydrogens (tertiary/aromatic N) is 3. The van der Waals surface area contributed by atoms with E-state index in [1.54, 1.807) is 49.4 Å². The Kier molecular flexibility index (Phi) is 7.45. The third-order valence-corrected chi connectivity index (χ3v) is 6.38. The highest BCUT2D eigenvalue weighted by Crippen LogP contribution is 2.43. The highest BCUT2D eigenvalue weighted by atomic mass is 32.1. The number of aliphatic hydroxyl groups excluding tert-OH is 1. The molecule has 3 aromatic rings. The maximum Gasteiger partial charge on any atom is 0.301 e. The van der Waals surface area contributed by atoms with Crippen LogP contribution in [0.2, 0.25) is 0 Å². The molecule has 35 heavy (non-hydrogen) atoms. The van der Waals surface area contributed by atoms with Crippen molar-refractivity contribution < 1.29 is 24.2 Å². The van der Waals surface area contributed by atoms with E-state index in [2.05, 4.69) is 17.1 Å². The molecule has 0 saturated carbocycles. The summed E-state index contributed by atoms with van der Waals surface area (Å²) in [6.07, 6.45) is 1.91. The third-order valence-electron chi connectivity index (χ3n) is 5.55. The fraction of sp³-hybridized carbons (Fsp3) is 0.308. The summed E-state index contributed by atoms with van der Waals surface area (Å²) < 4.78 is 11.3. The topological polar surface area (TPSA) is 102 Å². The van der Waals surface area contributed by atoms with Gasteiger partial charge in [-0.2, -0.15) is 0 Å². The average molecular weight is 494 g/mol. The van der Waals surface area contributed by atoms with Crippen LogP contribution in [0.25, 0.3) is 5.76 Å². The van der Waals surface area contributed by atoms with Crippen molar-refractivity contribution >= 4 is 33.9 Å². The van der Waals surface area contributed by atoms with Crippen LogP contribution in [0, 0.1) is 6.92 Å². The van der Waals surface area contributed by atoms with E-state index < -0.39 is 17.7 Å². The standard InChI is InChI=1S/C26H27N3O5S/c1-4-6-14-34-20-9-7-8-18(15-20)22-21(23(30)17-10-12-19(13-11-17)33-5-2)24(31)25(32)29(22)26-28-27-16(3)35-26/h7-13,15,22,30H,4-6,14H2,1-3H3. The van der Waals surface area contributed by atoms with Crippen molar-refractivity contribution in [2.75, 3.05) is 18.1 Å². The molecule has 0 spiro atoms. The third kappa shape index (κ3) is 5.05. The zero-order chi connectivity index (χ0) is 24.9. The second-order valence-electron chi connectivity index (χ2n) is 8.00. The number of aryl methyl sites for hydroxylation is 1. The van der Waals surface area contributed by atoms with Crippen molar-refractivity contribution in [1.82, 2.24) is 10.2 Å². The number of aromatic nitrogens is 2. The summed E-state index contributed by atoms with van der Waals surface area (Å²) in [6.45, 7) is 6.80. The summed E-state index contributed by atoms with van der Waals surface area (Å²) in [5.41, 5.74) is 1.01. The number of hydrogen-bond acceptors (Lipinski definition) is 8. The van der Waals surface area contributed by atoms with Gasteiger partial charge in [-0.15, -0.1) is 10.2 Å². The van der Waals surface area contributed by atoms with E-state index in [0.717, 1.165) is 12.8 Å². The normalized spacial score (nSPS) is 17.1. The van der Waals surface area contributed by atoms with Crippen LogP contribution in [-0.4, -0.2) is 40.2 Å². The van der Waals surface area contributed by atoms with Gasteiger partial charge in [-0.05, 0) is 62.2 Å². The van der Waals surface area contributed by atoms with E-state index in [-0.39, 0.29) is 16.5 Å². The minimum Gasteiger partial charge on any atom is -0.507 e. The van der Waals surface area contributed by atoms with Gasteiger partial charge in [-0.3, -0.25) is 14.5 Å². The van der Waals surface area contributed by atoms with Gasteiger partial charge in [-0.1, -0.05) is 36.8 Å². The van der Waals surface area contributed by atoms with Crippen LogP contribution < -0.4 is 14.4 Å². The summed E-state index contributed by atoms with van der Waals surface area (Å²) in [5, 5.41) is 20.3. The molecule has 1 aliphatic heterocycles. The molecule has 0 radical (unpaired) electrons. The first kappa shape index (κ1) is 24.4. The molecule has 4 rings (SSSR count). The number of rotatable bonds is 9. The Bertz CT molecular complexity index is 1250. The van der Waals surface area contributed by atoms with Crippen molar-refractivity contribution in [2.24, 2.45) is 0 Å². The smallest absolute Gasteiger partial charge is 0.301 e. The Hall–Kier alpha value is -3.72. The highest BCUT2D eigenvalue weighted by molar-refractivity contribution is 7.15. The van der Waals surface area contributed by atoms with Crippen LogP contribution in [0.5, 0.6) is 11.5 Å². The van der Waals surface area contributed by atoms with E-state index in [4.69, 9.17) is 9.47 Å². The minimum absolute atomic E-state index is 0.0160. The number of carbonyl (C=O) groups is 2. The molecule has 182 valence electrons. The number of carbonyl (C=O) groups excluding carboxylic acids is 2. The Balaban J connectivity index is 1.82. The Labute approximate surface area is 207 Å². The first-order chi connectivity index (χ1) is 16.9. The number of anilines is 1. The van der Waals surface area contributed by atoms with E-state index in [1.807, 2.05) is 13.0 Å². The number of amides is 1. The molecule has 1 unspecified atom stereocenters. The number of benzene rings is 2. The second-order valence-corrected chi connectivity index (χ2v) is 9.16. The lowest BCUT2D eigenvalue weighted by Gasteiger charge is -2.23. The van der Waals surface area contributed by atoms with Crippen LogP contribution in [0.3, 0.4) is 0 Å². The molecule has 1 aromatic heterocycles. The molecular formula is C26H27N3O5S. The van der Waals surface area contributed by atoms with E-state index >= 15 is 0 Å². The first-order valence-corrected chi connectivity index (χ1v) is 12.3.